The van der Waals surface area contributed by atoms with Gasteiger partial charge in [-0.15, -0.1) is 0 Å². The Bertz CT molecular complexity index is 1510. The number of nitrogens with one attached hydrogen (secondary N) is 2. The second-order valence-electron chi connectivity index (χ2n) is 13.0. The van der Waals surface area contributed by atoms with Crippen molar-refractivity contribution in [1.29, 1.82) is 0 Å². The Balaban J connectivity index is 0.00000204. The zero-order chi connectivity index (χ0) is 41.5. The van der Waals surface area contributed by atoms with Gasteiger partial charge >= 0.3 is 12.1 Å². The lowest BCUT2D eigenvalue weighted by Crippen LogP contribution is -2.39. The van der Waals surface area contributed by atoms with Crippen molar-refractivity contribution in [1.82, 2.24) is 5.32 Å². The predicted octanol–water partition coefficient (Wildman–Crippen LogP) is 11.7. The van der Waals surface area contributed by atoms with Crippen molar-refractivity contribution in [2.24, 2.45) is 17.8 Å². The number of esters is 1. The molecule has 3 atom stereocenters. The van der Waals surface area contributed by atoms with Crippen molar-refractivity contribution in [3.05, 3.63) is 58.6 Å². The van der Waals surface area contributed by atoms with E-state index in [1.54, 1.807) is 26.0 Å². The van der Waals surface area contributed by atoms with Gasteiger partial charge in [0.15, 0.2) is 5.41 Å². The number of para-hydroxylation sites is 1. The summed E-state index contributed by atoms with van der Waals surface area (Å²) in [6.07, 6.45) is -0.668. The van der Waals surface area contributed by atoms with Gasteiger partial charge in [-0.25, -0.2) is 0 Å². The Kier molecular flexibility index (Phi) is 24.5. The SMILES string of the molecule is CC.CC.CCCP(=O)(CCNCCc1cc(NC(=O)C(C)CC)c([C@@](C)(C#CC2CC2)C(F)(F)F)cc1Cl)Oc1ccccc1.CCOC(=O)C(C)C. The van der Waals surface area contributed by atoms with Crippen LogP contribution in [0.15, 0.2) is 42.5 Å². The summed E-state index contributed by atoms with van der Waals surface area (Å²) in [6, 6.07) is 11.9. The van der Waals surface area contributed by atoms with Gasteiger partial charge in [-0.05, 0) is 82.3 Å². The number of hydrogen-bond acceptors (Lipinski definition) is 6. The molecule has 54 heavy (non-hydrogen) atoms. The Labute approximate surface area is 328 Å². The predicted molar refractivity (Wildman–Crippen MR) is 219 cm³/mol. The second kappa shape index (κ2) is 26.0. The molecule has 1 fully saturated rings. The van der Waals surface area contributed by atoms with Crippen molar-refractivity contribution in [2.45, 2.75) is 120 Å². The van der Waals surface area contributed by atoms with Gasteiger partial charge in [-0.2, -0.15) is 13.2 Å². The van der Waals surface area contributed by atoms with Gasteiger partial charge < -0.3 is 19.9 Å². The number of anilines is 1. The first kappa shape index (κ1) is 51.0. The molecule has 2 N–H and O–H groups in total. The first-order chi connectivity index (χ1) is 25.5. The van der Waals surface area contributed by atoms with Crippen LogP contribution >= 0.6 is 19.0 Å². The minimum Gasteiger partial charge on any atom is -0.466 e. The van der Waals surface area contributed by atoms with Crippen LogP contribution in [0.3, 0.4) is 0 Å². The largest absolute Gasteiger partial charge is 0.466 e. The van der Waals surface area contributed by atoms with Crippen molar-refractivity contribution in [3.8, 4) is 17.6 Å². The van der Waals surface area contributed by atoms with E-state index in [0.29, 0.717) is 56.2 Å². The van der Waals surface area contributed by atoms with Crippen LogP contribution in [0.1, 0.15) is 113 Å². The molecular formula is C42H65ClF3N2O5P. The third-order valence-electron chi connectivity index (χ3n) is 8.25. The van der Waals surface area contributed by atoms with Gasteiger partial charge in [0, 0.05) is 47.0 Å². The standard InChI is InChI=1S/C32H41ClF3N2O3P.C6H12O2.2C2H6/c1-5-19-42(40,41-26-10-8-7-9-11-26)20-18-37-17-15-25-21-29(38-30(39)23(3)6-2)27(22-28(25)33)31(4,32(34,35)36)16-14-24-12-13-24;1-4-8-6(7)5(2)3;2*1-2/h7-11,21-24,37H,5-6,12-13,15,17-20H2,1-4H3,(H,38,39);5H,4H2,1-3H3;2*1-2H3/t23?,31-,42?;;;/m1.../s1. The normalized spacial score (nSPS) is 14.7. The molecule has 0 bridgehead atoms. The van der Waals surface area contributed by atoms with Crippen LogP contribution in [0.4, 0.5) is 18.9 Å². The van der Waals surface area contributed by atoms with Gasteiger partial charge in [0.2, 0.25) is 13.3 Å². The number of hydrogen-bond donors (Lipinski definition) is 2. The van der Waals surface area contributed by atoms with Crippen LogP contribution in [0, 0.1) is 29.6 Å². The van der Waals surface area contributed by atoms with Gasteiger partial charge in [-0.3, -0.25) is 14.2 Å². The van der Waals surface area contributed by atoms with E-state index >= 15 is 0 Å². The minimum atomic E-state index is -4.69. The van der Waals surface area contributed by atoms with Crippen molar-refractivity contribution >= 4 is 36.5 Å². The van der Waals surface area contributed by atoms with Crippen LogP contribution in [-0.4, -0.2) is 50.1 Å². The maximum absolute atomic E-state index is 14.5. The number of rotatable bonds is 16. The minimum absolute atomic E-state index is 0.00921. The molecule has 2 aromatic carbocycles. The van der Waals surface area contributed by atoms with E-state index in [-0.39, 0.29) is 45.9 Å². The summed E-state index contributed by atoms with van der Waals surface area (Å²) in [6.45, 7) is 21.4. The van der Waals surface area contributed by atoms with E-state index in [9.17, 15) is 27.3 Å². The van der Waals surface area contributed by atoms with Crippen LogP contribution < -0.4 is 15.2 Å². The molecule has 2 unspecified atom stereocenters. The number of carbonyl (C=O) groups is 2. The lowest BCUT2D eigenvalue weighted by molar-refractivity contribution is -0.168. The molecule has 0 aromatic heterocycles. The van der Waals surface area contributed by atoms with Crippen LogP contribution in [-0.2, 0) is 30.7 Å². The maximum atomic E-state index is 14.5. The fourth-order valence-corrected chi connectivity index (χ4v) is 7.01. The molecule has 1 aliphatic carbocycles. The van der Waals surface area contributed by atoms with Crippen molar-refractivity contribution < 1.29 is 36.6 Å². The van der Waals surface area contributed by atoms with Crippen LogP contribution in [0.5, 0.6) is 5.75 Å². The zero-order valence-electron chi connectivity index (χ0n) is 34.3. The summed E-state index contributed by atoms with van der Waals surface area (Å²) in [5.41, 5.74) is -2.02. The van der Waals surface area contributed by atoms with Gasteiger partial charge in [-0.1, -0.05) is 104 Å². The topological polar surface area (TPSA) is 93.7 Å². The smallest absolute Gasteiger partial charge is 0.408 e. The molecule has 306 valence electrons. The molecule has 7 nitrogen and oxygen atoms in total. The highest BCUT2D eigenvalue weighted by Crippen LogP contribution is 2.47. The molecule has 1 amide bonds. The highest BCUT2D eigenvalue weighted by Gasteiger charge is 2.53. The quantitative estimate of drug-likeness (QED) is 0.0760. The van der Waals surface area contributed by atoms with Crippen molar-refractivity contribution in [2.75, 3.05) is 37.3 Å². The number of alkyl halides is 3. The highest BCUT2D eigenvalue weighted by atomic mass is 35.5. The fraction of sp³-hybridized carbons (Fsp3) is 0.619. The molecular weight excluding hydrogens is 736 g/mol. The molecule has 2 aromatic rings. The Morgan fingerprint density at radius 3 is 2.07 bits per heavy atom. The van der Waals surface area contributed by atoms with E-state index in [0.717, 1.165) is 26.2 Å². The number of carbonyl (C=O) groups excluding carboxylic acids is 2. The zero-order valence-corrected chi connectivity index (χ0v) is 36.0. The Morgan fingerprint density at radius 1 is 0.981 bits per heavy atom. The average Bonchev–Trinajstić information content (AvgIpc) is 3.98. The van der Waals surface area contributed by atoms with Crippen LogP contribution in [0.25, 0.3) is 0 Å². The summed E-state index contributed by atoms with van der Waals surface area (Å²) in [4.78, 5) is 23.3. The second-order valence-corrected chi connectivity index (χ2v) is 16.1. The summed E-state index contributed by atoms with van der Waals surface area (Å²) in [7, 11) is -2.91. The first-order valence-corrected chi connectivity index (χ1v) is 21.8. The Morgan fingerprint density at radius 2 is 1.59 bits per heavy atom. The average molecular weight is 801 g/mol. The van der Waals surface area contributed by atoms with Gasteiger partial charge in [0.05, 0.1) is 12.5 Å². The number of benzene rings is 2. The molecule has 0 heterocycles. The fourth-order valence-electron chi connectivity index (χ4n) is 4.66. The maximum Gasteiger partial charge on any atom is 0.408 e. The monoisotopic (exact) mass is 800 g/mol. The van der Waals surface area contributed by atoms with Gasteiger partial charge in [0.1, 0.15) is 5.75 Å². The summed E-state index contributed by atoms with van der Waals surface area (Å²) in [5.74, 6) is 4.93. The summed E-state index contributed by atoms with van der Waals surface area (Å²) >= 11 is 6.56. The molecule has 0 radical (unpaired) electrons. The third-order valence-corrected chi connectivity index (χ3v) is 11.2. The highest BCUT2D eigenvalue weighted by molar-refractivity contribution is 7.59. The molecule has 0 aliphatic heterocycles. The third kappa shape index (κ3) is 17.6. The number of halogens is 4. The molecule has 1 saturated carbocycles. The van der Waals surface area contributed by atoms with E-state index in [1.807, 2.05) is 73.6 Å². The molecule has 3 rings (SSSR count). The van der Waals surface area contributed by atoms with Crippen molar-refractivity contribution in [3.63, 3.8) is 0 Å². The number of ether oxygens (including phenoxy) is 1. The van der Waals surface area contributed by atoms with E-state index < -0.39 is 19.0 Å². The van der Waals surface area contributed by atoms with Crippen LogP contribution in [0.2, 0.25) is 5.02 Å². The lowest BCUT2D eigenvalue weighted by Gasteiger charge is -2.30. The summed E-state index contributed by atoms with van der Waals surface area (Å²) < 4.78 is 67.4. The molecule has 0 spiro atoms. The van der Waals surface area contributed by atoms with E-state index in [4.69, 9.17) is 16.1 Å². The Hall–Kier alpha value is -2.99. The molecule has 1 aliphatic rings. The summed E-state index contributed by atoms with van der Waals surface area (Å²) in [5, 5.41) is 6.15. The van der Waals surface area contributed by atoms with E-state index in [1.165, 1.54) is 12.1 Å². The molecule has 0 saturated heterocycles. The lowest BCUT2D eigenvalue weighted by atomic mass is 9.80. The van der Waals surface area contributed by atoms with E-state index in [2.05, 4.69) is 27.2 Å². The first-order valence-electron chi connectivity index (χ1n) is 19.4. The number of amides is 1. The molecule has 12 heteroatoms. The van der Waals surface area contributed by atoms with Gasteiger partial charge in [0.25, 0.3) is 0 Å².